The average molecular weight is 413 g/mol. The summed E-state index contributed by atoms with van der Waals surface area (Å²) in [5.41, 5.74) is 2.21. The predicted octanol–water partition coefficient (Wildman–Crippen LogP) is 3.69. The Labute approximate surface area is 176 Å². The van der Waals surface area contributed by atoms with Gasteiger partial charge in [0.2, 0.25) is 5.91 Å². The Kier molecular flexibility index (Phi) is 5.23. The second kappa shape index (κ2) is 8.02. The first-order chi connectivity index (χ1) is 14.6. The highest BCUT2D eigenvalue weighted by molar-refractivity contribution is 5.97. The summed E-state index contributed by atoms with van der Waals surface area (Å²) in [5, 5.41) is 0.996. The molecule has 3 fully saturated rings. The number of carbonyl (C=O) groups excluding carboxylic acids is 2. The van der Waals surface area contributed by atoms with Crippen molar-refractivity contribution in [3.05, 3.63) is 35.8 Å². The topological polar surface area (TPSA) is 59.7 Å². The number of aromatic nitrogens is 1. The van der Waals surface area contributed by atoms with Gasteiger partial charge in [-0.25, -0.2) is 9.18 Å². The van der Waals surface area contributed by atoms with Gasteiger partial charge in [0.1, 0.15) is 5.82 Å². The van der Waals surface area contributed by atoms with Gasteiger partial charge in [-0.1, -0.05) is 0 Å². The summed E-state index contributed by atoms with van der Waals surface area (Å²) in [6, 6.07) is 4.98. The number of nitrogens with one attached hydrogen (secondary N) is 1. The van der Waals surface area contributed by atoms with E-state index >= 15 is 0 Å². The fraction of sp³-hybridized carbons (Fsp3) is 0.565. The van der Waals surface area contributed by atoms with Crippen molar-refractivity contribution < 1.29 is 14.0 Å². The highest BCUT2D eigenvalue weighted by Crippen LogP contribution is 2.33. The van der Waals surface area contributed by atoms with Crippen LogP contribution in [0.15, 0.2) is 24.4 Å². The fourth-order valence-electron chi connectivity index (χ4n) is 5.47. The van der Waals surface area contributed by atoms with Gasteiger partial charge in [-0.05, 0) is 81.4 Å². The number of aromatic amines is 1. The Hall–Kier alpha value is -2.41. The summed E-state index contributed by atoms with van der Waals surface area (Å²) in [6.45, 7) is 4.18. The smallest absolute Gasteiger partial charge is 0.326 e. The Morgan fingerprint density at radius 1 is 1.07 bits per heavy atom. The van der Waals surface area contributed by atoms with Crippen LogP contribution in [0.1, 0.15) is 50.0 Å². The second-order valence-corrected chi connectivity index (χ2v) is 8.92. The molecule has 0 saturated carbocycles. The van der Waals surface area contributed by atoms with Crippen LogP contribution < -0.4 is 0 Å². The van der Waals surface area contributed by atoms with Gasteiger partial charge in [0.15, 0.2) is 0 Å². The van der Waals surface area contributed by atoms with E-state index in [2.05, 4.69) is 9.88 Å². The summed E-state index contributed by atoms with van der Waals surface area (Å²) in [4.78, 5) is 34.0. The van der Waals surface area contributed by atoms with Crippen molar-refractivity contribution in [2.45, 2.75) is 50.5 Å². The molecule has 30 heavy (non-hydrogen) atoms. The van der Waals surface area contributed by atoms with Crippen molar-refractivity contribution >= 4 is 22.8 Å². The van der Waals surface area contributed by atoms with Gasteiger partial charge in [0.05, 0.1) is 0 Å². The zero-order chi connectivity index (χ0) is 20.7. The maximum Gasteiger partial charge on any atom is 0.326 e. The van der Waals surface area contributed by atoms with Crippen LogP contribution in [-0.2, 0) is 4.79 Å². The minimum atomic E-state index is -0.192. The van der Waals surface area contributed by atoms with Gasteiger partial charge in [0.25, 0.3) is 0 Å². The number of hydrogen-bond donors (Lipinski definition) is 1. The molecule has 0 bridgehead atoms. The Bertz CT molecular complexity index is 950. The molecule has 3 aliphatic rings. The number of hydrogen-bond acceptors (Lipinski definition) is 3. The summed E-state index contributed by atoms with van der Waals surface area (Å²) < 4.78 is 13.7. The second-order valence-electron chi connectivity index (χ2n) is 8.92. The summed E-state index contributed by atoms with van der Waals surface area (Å²) in [6.07, 6.45) is 7.39. The van der Waals surface area contributed by atoms with Gasteiger partial charge in [-0.15, -0.1) is 0 Å². The molecule has 0 unspecified atom stereocenters. The third-order valence-corrected chi connectivity index (χ3v) is 7.12. The number of nitrogens with zero attached hydrogens (tertiary/aromatic N) is 3. The third-order valence-electron chi connectivity index (χ3n) is 7.12. The molecule has 7 heteroatoms. The molecule has 4 heterocycles. The lowest BCUT2D eigenvalue weighted by Crippen LogP contribution is -2.55. The number of rotatable bonds is 5. The zero-order valence-corrected chi connectivity index (χ0v) is 17.3. The van der Waals surface area contributed by atoms with Crippen molar-refractivity contribution in [2.24, 2.45) is 0 Å². The molecule has 1 atom stereocenters. The molecule has 1 aromatic carbocycles. The molecule has 3 amide bonds. The number of halogens is 1. The van der Waals surface area contributed by atoms with E-state index in [1.54, 1.807) is 12.1 Å². The van der Waals surface area contributed by atoms with Crippen molar-refractivity contribution in [2.75, 3.05) is 32.7 Å². The largest absolute Gasteiger partial charge is 0.361 e. The molecule has 6 nitrogen and oxygen atoms in total. The van der Waals surface area contributed by atoms with E-state index in [1.807, 2.05) is 11.1 Å². The Morgan fingerprint density at radius 3 is 2.73 bits per heavy atom. The SMILES string of the molecule is O=C1C[C@@H]2CCCN2C(=O)N1CCCN1CCC(c2c[nH]c3ccc(F)cc23)CC1. The number of H-pyrrole nitrogens is 1. The average Bonchev–Trinajstić information content (AvgIpc) is 3.37. The Morgan fingerprint density at radius 2 is 1.90 bits per heavy atom. The van der Waals surface area contributed by atoms with Crippen LogP contribution in [0, 0.1) is 5.82 Å². The molecule has 0 spiro atoms. The van der Waals surface area contributed by atoms with Crippen LogP contribution in [0.4, 0.5) is 9.18 Å². The minimum absolute atomic E-state index is 0.00609. The van der Waals surface area contributed by atoms with Crippen LogP contribution in [0.3, 0.4) is 0 Å². The lowest BCUT2D eigenvalue weighted by molar-refractivity contribution is -0.132. The lowest BCUT2D eigenvalue weighted by atomic mass is 9.89. The van der Waals surface area contributed by atoms with Crippen molar-refractivity contribution in [1.29, 1.82) is 0 Å². The number of benzene rings is 1. The van der Waals surface area contributed by atoms with E-state index in [0.717, 1.165) is 69.2 Å². The first-order valence-electron chi connectivity index (χ1n) is 11.2. The van der Waals surface area contributed by atoms with Crippen molar-refractivity contribution in [3.63, 3.8) is 0 Å². The van der Waals surface area contributed by atoms with Crippen LogP contribution in [0.25, 0.3) is 10.9 Å². The maximum atomic E-state index is 13.7. The zero-order valence-electron chi connectivity index (χ0n) is 17.3. The van der Waals surface area contributed by atoms with Gasteiger partial charge < -0.3 is 14.8 Å². The molecule has 1 N–H and O–H groups in total. The molecule has 160 valence electrons. The number of piperidine rings is 1. The van der Waals surface area contributed by atoms with Crippen molar-refractivity contribution in [1.82, 2.24) is 19.7 Å². The Balaban J connectivity index is 1.12. The number of amides is 3. The van der Waals surface area contributed by atoms with E-state index in [4.69, 9.17) is 0 Å². The molecule has 3 aliphatic heterocycles. The summed E-state index contributed by atoms with van der Waals surface area (Å²) >= 11 is 0. The molecule has 5 rings (SSSR count). The van der Waals surface area contributed by atoms with Gasteiger partial charge in [-0.3, -0.25) is 9.69 Å². The normalized spacial score (nSPS) is 23.6. The van der Waals surface area contributed by atoms with Crippen LogP contribution in [0.2, 0.25) is 0 Å². The minimum Gasteiger partial charge on any atom is -0.361 e. The van der Waals surface area contributed by atoms with Gasteiger partial charge >= 0.3 is 6.03 Å². The monoisotopic (exact) mass is 412 g/mol. The number of carbonyl (C=O) groups is 2. The summed E-state index contributed by atoms with van der Waals surface area (Å²) in [5.74, 6) is 0.241. The first-order valence-corrected chi connectivity index (χ1v) is 11.2. The van der Waals surface area contributed by atoms with E-state index in [1.165, 1.54) is 16.5 Å². The van der Waals surface area contributed by atoms with E-state index in [0.29, 0.717) is 18.9 Å². The highest BCUT2D eigenvalue weighted by atomic mass is 19.1. The molecule has 2 aromatic rings. The number of urea groups is 1. The molecule has 0 aliphatic carbocycles. The maximum absolute atomic E-state index is 13.7. The number of imide groups is 1. The van der Waals surface area contributed by atoms with E-state index < -0.39 is 0 Å². The molecule has 1 aromatic heterocycles. The van der Waals surface area contributed by atoms with E-state index in [-0.39, 0.29) is 23.8 Å². The number of likely N-dealkylation sites (tertiary alicyclic amines) is 1. The predicted molar refractivity (Wildman–Crippen MR) is 113 cm³/mol. The number of fused-ring (bicyclic) bond motifs is 2. The molecule has 3 saturated heterocycles. The quantitative estimate of drug-likeness (QED) is 0.815. The van der Waals surface area contributed by atoms with Crippen LogP contribution >= 0.6 is 0 Å². The highest BCUT2D eigenvalue weighted by Gasteiger charge is 2.40. The fourth-order valence-corrected chi connectivity index (χ4v) is 5.47. The van der Waals surface area contributed by atoms with Crippen molar-refractivity contribution in [3.8, 4) is 0 Å². The van der Waals surface area contributed by atoms with Crippen LogP contribution in [-0.4, -0.2) is 70.4 Å². The van der Waals surface area contributed by atoms with Crippen LogP contribution in [0.5, 0.6) is 0 Å². The van der Waals surface area contributed by atoms with E-state index in [9.17, 15) is 14.0 Å². The third kappa shape index (κ3) is 3.60. The lowest BCUT2D eigenvalue weighted by Gasteiger charge is -2.37. The van der Waals surface area contributed by atoms with Gasteiger partial charge in [-0.2, -0.15) is 0 Å². The first kappa shape index (κ1) is 19.5. The van der Waals surface area contributed by atoms with Gasteiger partial charge in [0, 0.05) is 42.7 Å². The molecular formula is C23H29FN4O2. The molecular weight excluding hydrogens is 383 g/mol. The summed E-state index contributed by atoms with van der Waals surface area (Å²) in [7, 11) is 0. The standard InChI is InChI=1S/C23H29FN4O2/c24-17-4-5-21-19(13-17)20(15-25-21)16-6-11-26(12-7-16)8-2-10-28-22(29)14-18-3-1-9-27(18)23(28)30/h4-5,13,15-16,18,25H,1-3,6-12,14H2/t18-/m0/s1. The molecule has 0 radical (unpaired) electrons.